The molecule has 1 heterocycles. The van der Waals surface area contributed by atoms with Gasteiger partial charge in [-0.05, 0) is 39.4 Å². The highest BCUT2D eigenvalue weighted by Crippen LogP contribution is 2.33. The number of thiazole rings is 1. The summed E-state index contributed by atoms with van der Waals surface area (Å²) in [6.45, 7) is 4.40. The van der Waals surface area contributed by atoms with Gasteiger partial charge >= 0.3 is 5.97 Å². The molecule has 0 unspecified atom stereocenters. The third kappa shape index (κ3) is 3.46. The molecule has 2 aromatic rings. The van der Waals surface area contributed by atoms with E-state index in [0.29, 0.717) is 15.5 Å². The molecule has 0 bridgehead atoms. The second kappa shape index (κ2) is 6.50. The highest BCUT2D eigenvalue weighted by Gasteiger charge is 2.19. The molecule has 0 aliphatic carbocycles. The zero-order valence-corrected chi connectivity index (χ0v) is 14.0. The molecule has 20 heavy (non-hydrogen) atoms. The van der Waals surface area contributed by atoms with Crippen molar-refractivity contribution in [3.8, 4) is 10.4 Å². The summed E-state index contributed by atoms with van der Waals surface area (Å²) in [5.41, 5.74) is 2.65. The Balaban J connectivity index is 2.34. The molecule has 0 aliphatic rings. The van der Waals surface area contributed by atoms with Gasteiger partial charge in [0, 0.05) is 0 Å². The second-order valence-electron chi connectivity index (χ2n) is 4.93. The van der Waals surface area contributed by atoms with Crippen molar-refractivity contribution >= 4 is 33.2 Å². The fourth-order valence-corrected chi connectivity index (χ4v) is 3.44. The summed E-state index contributed by atoms with van der Waals surface area (Å²) in [7, 11) is 1.37. The number of halogens is 1. The van der Waals surface area contributed by atoms with E-state index in [9.17, 15) is 4.79 Å². The Labute approximate surface area is 131 Å². The minimum atomic E-state index is -0.409. The summed E-state index contributed by atoms with van der Waals surface area (Å²) in [6.07, 6.45) is 1.05. The average Bonchev–Trinajstić information content (AvgIpc) is 2.80. The lowest BCUT2D eigenvalue weighted by Gasteiger charge is -2.06. The maximum absolute atomic E-state index is 11.7. The highest BCUT2D eigenvalue weighted by molar-refractivity contribution is 9.11. The number of rotatable bonds is 4. The topological polar surface area (TPSA) is 39.2 Å². The van der Waals surface area contributed by atoms with Crippen LogP contribution >= 0.6 is 27.3 Å². The molecular formula is C15H16BrNO2S. The van der Waals surface area contributed by atoms with Gasteiger partial charge < -0.3 is 4.74 Å². The van der Waals surface area contributed by atoms with Crippen LogP contribution < -0.4 is 0 Å². The van der Waals surface area contributed by atoms with Crippen molar-refractivity contribution in [2.45, 2.75) is 20.3 Å². The Morgan fingerprint density at radius 2 is 2.00 bits per heavy atom. The summed E-state index contributed by atoms with van der Waals surface area (Å²) in [6, 6.07) is 8.27. The maximum atomic E-state index is 11.7. The summed E-state index contributed by atoms with van der Waals surface area (Å²) in [5.74, 6) is 0.220. The van der Waals surface area contributed by atoms with Crippen molar-refractivity contribution in [3.05, 3.63) is 39.4 Å². The number of nitrogens with zero attached hydrogens (tertiary/aromatic N) is 1. The number of aromatic nitrogens is 1. The van der Waals surface area contributed by atoms with Gasteiger partial charge in [-0.1, -0.05) is 38.1 Å². The van der Waals surface area contributed by atoms with E-state index in [1.807, 2.05) is 12.1 Å². The first-order valence-corrected chi connectivity index (χ1v) is 7.96. The fraction of sp³-hybridized carbons (Fsp3) is 0.333. The molecule has 0 spiro atoms. The predicted octanol–water partition coefficient (Wildman–Crippen LogP) is 4.56. The van der Waals surface area contributed by atoms with E-state index < -0.39 is 5.97 Å². The molecule has 0 amide bonds. The van der Waals surface area contributed by atoms with Crippen LogP contribution in [0.15, 0.2) is 28.2 Å². The van der Waals surface area contributed by atoms with Crippen LogP contribution in [0.5, 0.6) is 0 Å². The van der Waals surface area contributed by atoms with Crippen LogP contribution in [0.25, 0.3) is 10.4 Å². The molecule has 3 nitrogen and oxygen atoms in total. The van der Waals surface area contributed by atoms with Crippen LogP contribution in [0.3, 0.4) is 0 Å². The lowest BCUT2D eigenvalue weighted by molar-refractivity contribution is 0.0595. The number of carbonyl (C=O) groups excluding carboxylic acids is 1. The van der Waals surface area contributed by atoms with Gasteiger partial charge in [0.1, 0.15) is 0 Å². The molecule has 106 valence electrons. The quantitative estimate of drug-likeness (QED) is 0.756. The van der Waals surface area contributed by atoms with Crippen LogP contribution in [0, 0.1) is 5.92 Å². The molecule has 5 heteroatoms. The Hall–Kier alpha value is -1.20. The van der Waals surface area contributed by atoms with Crippen molar-refractivity contribution in [3.63, 3.8) is 0 Å². The third-order valence-electron chi connectivity index (χ3n) is 2.84. The smallest absolute Gasteiger partial charge is 0.358 e. The van der Waals surface area contributed by atoms with Gasteiger partial charge in [-0.15, -0.1) is 11.3 Å². The van der Waals surface area contributed by atoms with Crippen LogP contribution in [0.1, 0.15) is 29.9 Å². The van der Waals surface area contributed by atoms with Crippen LogP contribution in [-0.2, 0) is 11.2 Å². The van der Waals surface area contributed by atoms with E-state index in [4.69, 9.17) is 4.74 Å². The van der Waals surface area contributed by atoms with Crippen molar-refractivity contribution in [2.75, 3.05) is 7.11 Å². The Morgan fingerprint density at radius 3 is 2.55 bits per heavy atom. The van der Waals surface area contributed by atoms with Gasteiger partial charge in [-0.3, -0.25) is 0 Å². The van der Waals surface area contributed by atoms with Crippen molar-refractivity contribution in [1.29, 1.82) is 0 Å². The summed E-state index contributed by atoms with van der Waals surface area (Å²) in [5, 5.41) is 0. The molecule has 2 rings (SSSR count). The zero-order chi connectivity index (χ0) is 14.7. The Morgan fingerprint density at radius 1 is 1.35 bits per heavy atom. The minimum Gasteiger partial charge on any atom is -0.464 e. The molecule has 0 fully saturated rings. The Kier molecular flexibility index (Phi) is 4.94. The molecule has 0 saturated carbocycles. The molecule has 0 radical (unpaired) electrons. The summed E-state index contributed by atoms with van der Waals surface area (Å²) >= 11 is 4.76. The standard InChI is InChI=1S/C15H16BrNO2S/c1-9(2)8-10-4-6-11(7-5-10)13-12(14(18)19-3)17-15(16)20-13/h4-7,9H,8H2,1-3H3. The van der Waals surface area contributed by atoms with E-state index in [1.165, 1.54) is 24.0 Å². The van der Waals surface area contributed by atoms with Crippen molar-refractivity contribution in [2.24, 2.45) is 5.92 Å². The van der Waals surface area contributed by atoms with Crippen molar-refractivity contribution < 1.29 is 9.53 Å². The number of ether oxygens (including phenoxy) is 1. The van der Waals surface area contributed by atoms with Crippen molar-refractivity contribution in [1.82, 2.24) is 4.98 Å². The number of benzene rings is 1. The minimum absolute atomic E-state index is 0.362. The highest BCUT2D eigenvalue weighted by atomic mass is 79.9. The predicted molar refractivity (Wildman–Crippen MR) is 85.1 cm³/mol. The summed E-state index contributed by atoms with van der Waals surface area (Å²) in [4.78, 5) is 16.8. The number of carbonyl (C=O) groups is 1. The lowest BCUT2D eigenvalue weighted by atomic mass is 10.0. The van der Waals surface area contributed by atoms with E-state index in [0.717, 1.165) is 16.9 Å². The van der Waals surface area contributed by atoms with E-state index in [2.05, 4.69) is 46.9 Å². The fourth-order valence-electron chi connectivity index (χ4n) is 1.99. The van der Waals surface area contributed by atoms with Gasteiger partial charge in [-0.25, -0.2) is 9.78 Å². The molecule has 0 saturated heterocycles. The molecule has 1 aromatic heterocycles. The SMILES string of the molecule is COC(=O)c1nc(Br)sc1-c1ccc(CC(C)C)cc1. The second-order valence-corrected chi connectivity index (χ2v) is 7.21. The average molecular weight is 354 g/mol. The van der Waals surface area contributed by atoms with Gasteiger partial charge in [0.25, 0.3) is 0 Å². The van der Waals surface area contributed by atoms with Gasteiger partial charge in [0.2, 0.25) is 0 Å². The molecule has 0 atom stereocenters. The number of methoxy groups -OCH3 is 1. The number of esters is 1. The van der Waals surface area contributed by atoms with Crippen LogP contribution in [0.4, 0.5) is 0 Å². The largest absolute Gasteiger partial charge is 0.464 e. The molecule has 1 aromatic carbocycles. The number of hydrogen-bond acceptors (Lipinski definition) is 4. The molecule has 0 N–H and O–H groups in total. The van der Waals surface area contributed by atoms with E-state index >= 15 is 0 Å². The first-order chi connectivity index (χ1) is 9.51. The van der Waals surface area contributed by atoms with Gasteiger partial charge in [0.05, 0.1) is 12.0 Å². The lowest BCUT2D eigenvalue weighted by Crippen LogP contribution is -2.03. The first-order valence-electron chi connectivity index (χ1n) is 6.35. The Bertz CT molecular complexity index is 605. The monoisotopic (exact) mass is 353 g/mol. The van der Waals surface area contributed by atoms with Crippen LogP contribution in [-0.4, -0.2) is 18.1 Å². The maximum Gasteiger partial charge on any atom is 0.358 e. The number of hydrogen-bond donors (Lipinski definition) is 0. The molecule has 0 aliphatic heterocycles. The molecular weight excluding hydrogens is 338 g/mol. The van der Waals surface area contributed by atoms with E-state index in [-0.39, 0.29) is 0 Å². The summed E-state index contributed by atoms with van der Waals surface area (Å²) < 4.78 is 5.45. The van der Waals surface area contributed by atoms with Gasteiger partial charge in [-0.2, -0.15) is 0 Å². The normalized spacial score (nSPS) is 10.8. The first kappa shape index (κ1) is 15.2. The van der Waals surface area contributed by atoms with Gasteiger partial charge in [0.15, 0.2) is 9.61 Å². The van der Waals surface area contributed by atoms with E-state index in [1.54, 1.807) is 0 Å². The zero-order valence-electron chi connectivity index (χ0n) is 11.6. The van der Waals surface area contributed by atoms with Crippen LogP contribution in [0.2, 0.25) is 0 Å². The third-order valence-corrected chi connectivity index (χ3v) is 4.40.